The fourth-order valence-corrected chi connectivity index (χ4v) is 3.61. The van der Waals surface area contributed by atoms with Gasteiger partial charge in [0, 0.05) is 34.6 Å². The first-order valence-corrected chi connectivity index (χ1v) is 7.77. The van der Waals surface area contributed by atoms with Gasteiger partial charge in [0.1, 0.15) is 0 Å². The average molecular weight is 335 g/mol. The summed E-state index contributed by atoms with van der Waals surface area (Å²) in [5.41, 5.74) is 9.16. The molecule has 0 aliphatic carbocycles. The summed E-state index contributed by atoms with van der Waals surface area (Å²) in [6.07, 6.45) is 0. The van der Waals surface area contributed by atoms with Crippen LogP contribution < -0.4 is 5.73 Å². The Labute approximate surface area is 139 Å². The molecule has 0 spiro atoms. The van der Waals surface area contributed by atoms with E-state index in [1.165, 1.54) is 0 Å². The lowest BCUT2D eigenvalue weighted by Gasteiger charge is -2.33. The van der Waals surface area contributed by atoms with Crippen molar-refractivity contribution in [3.05, 3.63) is 68.7 Å². The Morgan fingerprint density at radius 1 is 1.27 bits per heavy atom. The van der Waals surface area contributed by atoms with Crippen LogP contribution in [-0.2, 0) is 6.54 Å². The zero-order valence-corrected chi connectivity index (χ0v) is 13.7. The molecular formula is C17H16Cl2N2O. The summed E-state index contributed by atoms with van der Waals surface area (Å²) in [6, 6.07) is 11.2. The quantitative estimate of drug-likeness (QED) is 0.910. The Balaban J connectivity index is 2.13. The third kappa shape index (κ3) is 2.84. The van der Waals surface area contributed by atoms with Crippen molar-refractivity contribution in [1.82, 2.24) is 4.90 Å². The van der Waals surface area contributed by atoms with Gasteiger partial charge in [-0.3, -0.25) is 4.79 Å². The van der Waals surface area contributed by atoms with E-state index in [2.05, 4.69) is 11.9 Å². The predicted octanol–water partition coefficient (Wildman–Crippen LogP) is 3.67. The van der Waals surface area contributed by atoms with Crippen LogP contribution in [0.2, 0.25) is 10.0 Å². The molecule has 114 valence electrons. The summed E-state index contributed by atoms with van der Waals surface area (Å²) in [4.78, 5) is 13.6. The summed E-state index contributed by atoms with van der Waals surface area (Å²) in [7, 11) is 2.05. The fraction of sp³-hybridized carbons (Fsp3) is 0.235. The molecule has 22 heavy (non-hydrogen) atoms. The Bertz CT molecular complexity index is 745. The van der Waals surface area contributed by atoms with Crippen molar-refractivity contribution in [3.8, 4) is 0 Å². The zero-order valence-electron chi connectivity index (χ0n) is 12.1. The maximum absolute atomic E-state index is 11.4. The third-order valence-corrected chi connectivity index (χ3v) is 4.62. The lowest BCUT2D eigenvalue weighted by atomic mass is 9.84. The summed E-state index contributed by atoms with van der Waals surface area (Å²) in [6.45, 7) is 1.63. The molecule has 3 rings (SSSR count). The van der Waals surface area contributed by atoms with E-state index in [9.17, 15) is 4.79 Å². The first-order chi connectivity index (χ1) is 10.5. The summed E-state index contributed by atoms with van der Waals surface area (Å²) in [5, 5.41) is 1.31. The zero-order chi connectivity index (χ0) is 15.9. The molecule has 3 nitrogen and oxygen atoms in total. The van der Waals surface area contributed by atoms with Crippen LogP contribution in [0.25, 0.3) is 0 Å². The second-order valence-electron chi connectivity index (χ2n) is 5.69. The van der Waals surface area contributed by atoms with Gasteiger partial charge in [-0.2, -0.15) is 0 Å². The van der Waals surface area contributed by atoms with Crippen LogP contribution in [0.5, 0.6) is 0 Å². The molecule has 0 saturated heterocycles. The second-order valence-corrected chi connectivity index (χ2v) is 6.54. The van der Waals surface area contributed by atoms with Crippen molar-refractivity contribution < 1.29 is 4.79 Å². The Morgan fingerprint density at radius 3 is 2.77 bits per heavy atom. The number of rotatable bonds is 2. The molecule has 1 atom stereocenters. The van der Waals surface area contributed by atoms with Crippen LogP contribution in [0.1, 0.15) is 33.0 Å². The van der Waals surface area contributed by atoms with Crippen LogP contribution >= 0.6 is 23.2 Å². The summed E-state index contributed by atoms with van der Waals surface area (Å²) >= 11 is 12.5. The highest BCUT2D eigenvalue weighted by Gasteiger charge is 2.27. The molecule has 2 aromatic rings. The molecule has 1 heterocycles. The van der Waals surface area contributed by atoms with Gasteiger partial charge in [-0.25, -0.2) is 0 Å². The van der Waals surface area contributed by atoms with E-state index in [0.717, 1.165) is 29.8 Å². The van der Waals surface area contributed by atoms with Crippen molar-refractivity contribution in [2.75, 3.05) is 13.6 Å². The number of halogens is 2. The minimum absolute atomic E-state index is 0.115. The molecule has 2 N–H and O–H groups in total. The molecule has 1 aliphatic rings. The summed E-state index contributed by atoms with van der Waals surface area (Å²) < 4.78 is 0. The minimum atomic E-state index is -0.421. The monoisotopic (exact) mass is 334 g/mol. The van der Waals surface area contributed by atoms with Crippen LogP contribution in [-0.4, -0.2) is 24.4 Å². The van der Waals surface area contributed by atoms with E-state index in [1.54, 1.807) is 12.1 Å². The van der Waals surface area contributed by atoms with Crippen LogP contribution in [0.4, 0.5) is 0 Å². The number of likely N-dealkylation sites (N-methyl/N-ethyl adjacent to an activating group) is 1. The van der Waals surface area contributed by atoms with Gasteiger partial charge in [-0.15, -0.1) is 0 Å². The number of primary amides is 1. The number of benzene rings is 2. The third-order valence-electron chi connectivity index (χ3n) is 4.07. The molecule has 0 bridgehead atoms. The maximum atomic E-state index is 11.4. The van der Waals surface area contributed by atoms with E-state index < -0.39 is 5.91 Å². The smallest absolute Gasteiger partial charge is 0.248 e. The SMILES string of the molecule is CN1Cc2c(Cl)cc(Cl)cc2C(c2cccc(C(N)=O)c2)C1. The fourth-order valence-electron chi connectivity index (χ4n) is 3.04. The Kier molecular flexibility index (Phi) is 4.13. The van der Waals surface area contributed by atoms with Gasteiger partial charge < -0.3 is 10.6 Å². The minimum Gasteiger partial charge on any atom is -0.366 e. The van der Waals surface area contributed by atoms with Crippen molar-refractivity contribution in [2.45, 2.75) is 12.5 Å². The van der Waals surface area contributed by atoms with Crippen molar-refractivity contribution in [3.63, 3.8) is 0 Å². The number of carbonyl (C=O) groups excluding carboxylic acids is 1. The highest BCUT2D eigenvalue weighted by molar-refractivity contribution is 6.35. The second kappa shape index (κ2) is 5.92. The molecule has 1 amide bonds. The van der Waals surface area contributed by atoms with Crippen LogP contribution in [0, 0.1) is 0 Å². The topological polar surface area (TPSA) is 46.3 Å². The Hall–Kier alpha value is -1.55. The van der Waals surface area contributed by atoms with Crippen molar-refractivity contribution in [2.24, 2.45) is 5.73 Å². The van der Waals surface area contributed by atoms with E-state index in [4.69, 9.17) is 28.9 Å². The standard InChI is InChI=1S/C17H16Cl2N2O/c1-21-8-14(10-3-2-4-11(5-10)17(20)22)13-6-12(18)7-16(19)15(13)9-21/h2-7,14H,8-9H2,1H3,(H2,20,22). The molecule has 1 unspecified atom stereocenters. The molecule has 0 aromatic heterocycles. The van der Waals surface area contributed by atoms with E-state index >= 15 is 0 Å². The number of fused-ring (bicyclic) bond motifs is 1. The maximum Gasteiger partial charge on any atom is 0.248 e. The van der Waals surface area contributed by atoms with Gasteiger partial charge in [0.05, 0.1) is 0 Å². The molecule has 0 radical (unpaired) electrons. The summed E-state index contributed by atoms with van der Waals surface area (Å²) in [5.74, 6) is -0.306. The first-order valence-electron chi connectivity index (χ1n) is 7.02. The number of hydrogen-bond donors (Lipinski definition) is 1. The van der Waals surface area contributed by atoms with Crippen molar-refractivity contribution >= 4 is 29.1 Å². The number of nitrogens with zero attached hydrogens (tertiary/aromatic N) is 1. The number of carbonyl (C=O) groups is 1. The lowest BCUT2D eigenvalue weighted by Crippen LogP contribution is -2.31. The number of amides is 1. The molecule has 5 heteroatoms. The largest absolute Gasteiger partial charge is 0.366 e. The average Bonchev–Trinajstić information content (AvgIpc) is 2.47. The predicted molar refractivity (Wildman–Crippen MR) is 89.6 cm³/mol. The van der Waals surface area contributed by atoms with E-state index in [0.29, 0.717) is 15.6 Å². The highest BCUT2D eigenvalue weighted by Crippen LogP contribution is 2.38. The van der Waals surface area contributed by atoms with Gasteiger partial charge in [-0.05, 0) is 48.0 Å². The number of hydrogen-bond acceptors (Lipinski definition) is 2. The van der Waals surface area contributed by atoms with E-state index in [-0.39, 0.29) is 5.92 Å². The van der Waals surface area contributed by atoms with Crippen molar-refractivity contribution in [1.29, 1.82) is 0 Å². The normalized spacial score (nSPS) is 18.0. The van der Waals surface area contributed by atoms with Gasteiger partial charge in [0.25, 0.3) is 0 Å². The Morgan fingerprint density at radius 2 is 2.05 bits per heavy atom. The van der Waals surface area contributed by atoms with Gasteiger partial charge in [0.15, 0.2) is 0 Å². The van der Waals surface area contributed by atoms with Crippen LogP contribution in [0.3, 0.4) is 0 Å². The number of nitrogens with two attached hydrogens (primary N) is 1. The first kappa shape index (κ1) is 15.3. The van der Waals surface area contributed by atoms with Gasteiger partial charge >= 0.3 is 0 Å². The molecule has 0 saturated carbocycles. The molecule has 2 aromatic carbocycles. The van der Waals surface area contributed by atoms with Crippen LogP contribution in [0.15, 0.2) is 36.4 Å². The van der Waals surface area contributed by atoms with Gasteiger partial charge in [-0.1, -0.05) is 35.3 Å². The molecule has 1 aliphatic heterocycles. The van der Waals surface area contributed by atoms with E-state index in [1.807, 2.05) is 24.3 Å². The lowest BCUT2D eigenvalue weighted by molar-refractivity contribution is 0.1000. The molecular weight excluding hydrogens is 319 g/mol. The molecule has 0 fully saturated rings. The highest BCUT2D eigenvalue weighted by atomic mass is 35.5. The van der Waals surface area contributed by atoms with Gasteiger partial charge in [0.2, 0.25) is 5.91 Å².